The molecule has 0 spiro atoms. The molecule has 0 aromatic heterocycles. The summed E-state index contributed by atoms with van der Waals surface area (Å²) in [4.78, 5) is 16.5. The van der Waals surface area contributed by atoms with Crippen molar-refractivity contribution < 1.29 is 9.53 Å². The van der Waals surface area contributed by atoms with Crippen LogP contribution in [0.15, 0.2) is 54.6 Å². The fraction of sp³-hybridized carbons (Fsp3) is 0.250. The molecule has 0 atom stereocenters. The maximum atomic E-state index is 12.4. The van der Waals surface area contributed by atoms with Gasteiger partial charge in [0.05, 0.1) is 12.8 Å². The highest BCUT2D eigenvalue weighted by Gasteiger charge is 2.21. The third-order valence-electron chi connectivity index (χ3n) is 4.37. The lowest BCUT2D eigenvalue weighted by atomic mass is 10.2. The molecule has 1 heterocycles. The van der Waals surface area contributed by atoms with Gasteiger partial charge in [-0.15, -0.1) is 0 Å². The monoisotopic (exact) mass is 337 g/mol. The average molecular weight is 337 g/mol. The van der Waals surface area contributed by atoms with Crippen LogP contribution in [0.1, 0.15) is 5.56 Å². The number of amides is 1. The molecular weight excluding hydrogens is 314 g/mol. The van der Waals surface area contributed by atoms with Gasteiger partial charge in [-0.3, -0.25) is 4.79 Å². The summed E-state index contributed by atoms with van der Waals surface area (Å²) in [6, 6.07) is 15.4. The molecule has 3 rings (SSSR count). The molecule has 2 aromatic carbocycles. The highest BCUT2D eigenvalue weighted by atomic mass is 16.5. The summed E-state index contributed by atoms with van der Waals surface area (Å²) in [5, 5.41) is 0. The van der Waals surface area contributed by atoms with Crippen LogP contribution in [0.4, 0.5) is 11.4 Å². The molecule has 25 heavy (non-hydrogen) atoms. The summed E-state index contributed by atoms with van der Waals surface area (Å²) in [5.41, 5.74) is 8.43. The van der Waals surface area contributed by atoms with Crippen LogP contribution in [0.2, 0.25) is 0 Å². The topological polar surface area (TPSA) is 58.8 Å². The normalized spacial score (nSPS) is 14.8. The maximum absolute atomic E-state index is 12.4. The number of nitrogen functional groups attached to an aromatic ring is 1. The van der Waals surface area contributed by atoms with E-state index in [2.05, 4.69) is 11.0 Å². The van der Waals surface area contributed by atoms with E-state index in [9.17, 15) is 4.79 Å². The van der Waals surface area contributed by atoms with Crippen molar-refractivity contribution >= 4 is 23.4 Å². The smallest absolute Gasteiger partial charge is 0.246 e. The molecule has 1 aliphatic rings. The van der Waals surface area contributed by atoms with Gasteiger partial charge in [-0.1, -0.05) is 24.3 Å². The number of rotatable bonds is 4. The molecule has 130 valence electrons. The molecule has 0 bridgehead atoms. The predicted molar refractivity (Wildman–Crippen MR) is 102 cm³/mol. The minimum atomic E-state index is 0.0384. The zero-order valence-corrected chi connectivity index (χ0v) is 14.4. The number of benzene rings is 2. The molecule has 1 saturated heterocycles. The third kappa shape index (κ3) is 4.12. The quantitative estimate of drug-likeness (QED) is 0.688. The van der Waals surface area contributed by atoms with E-state index < -0.39 is 0 Å². The number of anilines is 2. The summed E-state index contributed by atoms with van der Waals surface area (Å²) in [6.07, 6.45) is 3.46. The van der Waals surface area contributed by atoms with E-state index in [0.29, 0.717) is 13.1 Å². The largest absolute Gasteiger partial charge is 0.495 e. The predicted octanol–water partition coefficient (Wildman–Crippen LogP) is 2.64. The average Bonchev–Trinajstić information content (AvgIpc) is 2.67. The van der Waals surface area contributed by atoms with E-state index in [1.807, 2.05) is 53.4 Å². The number of hydrogen-bond donors (Lipinski definition) is 1. The fourth-order valence-corrected chi connectivity index (χ4v) is 2.94. The molecule has 2 N–H and O–H groups in total. The Labute approximate surface area is 148 Å². The van der Waals surface area contributed by atoms with E-state index in [-0.39, 0.29) is 5.91 Å². The zero-order valence-electron chi connectivity index (χ0n) is 14.4. The third-order valence-corrected chi connectivity index (χ3v) is 4.37. The number of piperazine rings is 1. The number of carbonyl (C=O) groups excluding carboxylic acids is 1. The molecule has 5 nitrogen and oxygen atoms in total. The van der Waals surface area contributed by atoms with Gasteiger partial charge in [0.25, 0.3) is 0 Å². The lowest BCUT2D eigenvalue weighted by Crippen LogP contribution is -2.48. The van der Waals surface area contributed by atoms with E-state index >= 15 is 0 Å². The summed E-state index contributed by atoms with van der Waals surface area (Å²) >= 11 is 0. The number of nitrogens with two attached hydrogens (primary N) is 1. The molecular formula is C20H23N3O2. The van der Waals surface area contributed by atoms with Crippen molar-refractivity contribution in [3.05, 3.63) is 60.2 Å². The zero-order chi connectivity index (χ0) is 17.6. The number of carbonyl (C=O) groups is 1. The van der Waals surface area contributed by atoms with Crippen LogP contribution in [0, 0.1) is 0 Å². The van der Waals surface area contributed by atoms with Gasteiger partial charge in [0.1, 0.15) is 5.75 Å². The minimum Gasteiger partial charge on any atom is -0.495 e. The van der Waals surface area contributed by atoms with Gasteiger partial charge >= 0.3 is 0 Å². The van der Waals surface area contributed by atoms with Crippen molar-refractivity contribution in [2.75, 3.05) is 43.9 Å². The van der Waals surface area contributed by atoms with Gasteiger partial charge in [0.15, 0.2) is 0 Å². The number of hydrogen-bond acceptors (Lipinski definition) is 4. The number of ether oxygens (including phenoxy) is 1. The Hall–Kier alpha value is -2.95. The molecule has 0 unspecified atom stereocenters. The lowest BCUT2D eigenvalue weighted by Gasteiger charge is -2.36. The molecule has 1 aliphatic heterocycles. The molecule has 2 aromatic rings. The molecule has 5 heteroatoms. The number of para-hydroxylation sites is 2. The van der Waals surface area contributed by atoms with E-state index in [1.54, 1.807) is 13.2 Å². The van der Waals surface area contributed by atoms with Gasteiger partial charge in [-0.25, -0.2) is 0 Å². The van der Waals surface area contributed by atoms with Crippen molar-refractivity contribution in [1.82, 2.24) is 4.90 Å². The van der Waals surface area contributed by atoms with Crippen molar-refractivity contribution in [2.24, 2.45) is 0 Å². The Morgan fingerprint density at radius 2 is 1.72 bits per heavy atom. The van der Waals surface area contributed by atoms with E-state index in [0.717, 1.165) is 35.8 Å². The lowest BCUT2D eigenvalue weighted by molar-refractivity contribution is -0.126. The first kappa shape index (κ1) is 16.9. The first-order valence-corrected chi connectivity index (χ1v) is 8.38. The van der Waals surface area contributed by atoms with E-state index in [1.165, 1.54) is 0 Å². The number of nitrogens with zero attached hydrogens (tertiary/aromatic N) is 2. The maximum Gasteiger partial charge on any atom is 0.246 e. The number of methoxy groups -OCH3 is 1. The van der Waals surface area contributed by atoms with Crippen LogP contribution in [-0.4, -0.2) is 44.1 Å². The van der Waals surface area contributed by atoms with Gasteiger partial charge in [0.2, 0.25) is 5.91 Å². The minimum absolute atomic E-state index is 0.0384. The van der Waals surface area contributed by atoms with Crippen LogP contribution >= 0.6 is 0 Å². The van der Waals surface area contributed by atoms with Gasteiger partial charge in [-0.05, 0) is 35.9 Å². The van der Waals surface area contributed by atoms with Crippen molar-refractivity contribution in [1.29, 1.82) is 0 Å². The van der Waals surface area contributed by atoms with Crippen molar-refractivity contribution in [3.8, 4) is 5.75 Å². The van der Waals surface area contributed by atoms with Crippen LogP contribution in [0.5, 0.6) is 5.75 Å². The van der Waals surface area contributed by atoms with Crippen LogP contribution in [0.3, 0.4) is 0 Å². The van der Waals surface area contributed by atoms with Gasteiger partial charge in [0, 0.05) is 37.9 Å². The SMILES string of the molecule is COc1ccccc1N1CCN(C(=O)/C=C/c2ccc(N)cc2)CC1. The highest BCUT2D eigenvalue weighted by molar-refractivity contribution is 5.92. The van der Waals surface area contributed by atoms with Crippen molar-refractivity contribution in [2.45, 2.75) is 0 Å². The molecule has 1 fully saturated rings. The Bertz CT molecular complexity index is 748. The van der Waals surface area contributed by atoms with Crippen LogP contribution in [-0.2, 0) is 4.79 Å². The second kappa shape index (κ2) is 7.75. The first-order chi connectivity index (χ1) is 12.2. The molecule has 0 radical (unpaired) electrons. The summed E-state index contributed by atoms with van der Waals surface area (Å²) in [7, 11) is 1.68. The fourth-order valence-electron chi connectivity index (χ4n) is 2.94. The molecule has 1 amide bonds. The summed E-state index contributed by atoms with van der Waals surface area (Å²) in [6.45, 7) is 2.98. The Morgan fingerprint density at radius 1 is 1.04 bits per heavy atom. The van der Waals surface area contributed by atoms with Gasteiger partial charge < -0.3 is 20.3 Å². The van der Waals surface area contributed by atoms with Crippen LogP contribution in [0.25, 0.3) is 6.08 Å². The standard InChI is InChI=1S/C20H23N3O2/c1-25-19-5-3-2-4-18(19)22-12-14-23(15-13-22)20(24)11-8-16-6-9-17(21)10-7-16/h2-11H,12-15,21H2,1H3/b11-8+. The molecule has 0 saturated carbocycles. The second-order valence-electron chi connectivity index (χ2n) is 5.98. The summed E-state index contributed by atoms with van der Waals surface area (Å²) < 4.78 is 5.43. The summed E-state index contributed by atoms with van der Waals surface area (Å²) in [5.74, 6) is 0.905. The van der Waals surface area contributed by atoms with Crippen LogP contribution < -0.4 is 15.4 Å². The second-order valence-corrected chi connectivity index (χ2v) is 5.98. The molecule has 0 aliphatic carbocycles. The Kier molecular flexibility index (Phi) is 5.23. The highest BCUT2D eigenvalue weighted by Crippen LogP contribution is 2.28. The first-order valence-electron chi connectivity index (χ1n) is 8.38. The van der Waals surface area contributed by atoms with Gasteiger partial charge in [-0.2, -0.15) is 0 Å². The Balaban J connectivity index is 1.58. The van der Waals surface area contributed by atoms with Crippen molar-refractivity contribution in [3.63, 3.8) is 0 Å². The van der Waals surface area contributed by atoms with E-state index in [4.69, 9.17) is 10.5 Å². The Morgan fingerprint density at radius 3 is 2.40 bits per heavy atom.